The molecule has 1 aliphatic rings. The lowest BCUT2D eigenvalue weighted by Crippen LogP contribution is -2.36. The van der Waals surface area contributed by atoms with Crippen molar-refractivity contribution in [2.24, 2.45) is 4.99 Å². The van der Waals surface area contributed by atoms with Gasteiger partial charge in [0.1, 0.15) is 0 Å². The Balaban J connectivity index is 0.00000324. The third kappa shape index (κ3) is 8.43. The van der Waals surface area contributed by atoms with E-state index in [4.69, 9.17) is 4.99 Å². The maximum Gasteiger partial charge on any atom is 0.191 e. The predicted octanol–water partition coefficient (Wildman–Crippen LogP) is 4.79. The average molecular weight is 573 g/mol. The summed E-state index contributed by atoms with van der Waals surface area (Å²) < 4.78 is 2.08. The van der Waals surface area contributed by atoms with Crippen molar-refractivity contribution < 1.29 is 0 Å². The lowest BCUT2D eigenvalue weighted by Gasteiger charge is -2.26. The van der Waals surface area contributed by atoms with Gasteiger partial charge < -0.3 is 15.2 Å². The molecule has 0 amide bonds. The lowest BCUT2D eigenvalue weighted by atomic mass is 10.1. The molecule has 1 fully saturated rings. The number of rotatable bonds is 9. The lowest BCUT2D eigenvalue weighted by molar-refractivity contribution is 0.221. The molecule has 0 atom stereocenters. The minimum absolute atomic E-state index is 0. The van der Waals surface area contributed by atoms with Gasteiger partial charge in [0.2, 0.25) is 0 Å². The molecule has 0 radical (unpaired) electrons. The monoisotopic (exact) mass is 572 g/mol. The first-order chi connectivity index (χ1) is 16.3. The van der Waals surface area contributed by atoms with Crippen LogP contribution in [0.3, 0.4) is 0 Å². The Kier molecular flexibility index (Phi) is 10.9. The summed E-state index contributed by atoms with van der Waals surface area (Å²) in [5.41, 5.74) is 5.12. The van der Waals surface area contributed by atoms with Crippen LogP contribution in [0.25, 0.3) is 0 Å². The van der Waals surface area contributed by atoms with Crippen LogP contribution in [0.4, 0.5) is 0 Å². The molecule has 182 valence electrons. The fourth-order valence-corrected chi connectivity index (χ4v) is 4.25. The van der Waals surface area contributed by atoms with E-state index in [0.29, 0.717) is 6.54 Å². The Morgan fingerprint density at radius 3 is 2.41 bits per heavy atom. The van der Waals surface area contributed by atoms with Gasteiger partial charge >= 0.3 is 0 Å². The maximum atomic E-state index is 4.80. The van der Waals surface area contributed by atoms with Crippen LogP contribution < -0.4 is 10.6 Å². The highest BCUT2D eigenvalue weighted by Crippen LogP contribution is 2.14. The zero-order chi connectivity index (χ0) is 22.7. The van der Waals surface area contributed by atoms with E-state index in [0.717, 1.165) is 32.1 Å². The molecule has 7 heteroatoms. The quantitative estimate of drug-likeness (QED) is 0.220. The number of imidazole rings is 1. The molecule has 34 heavy (non-hydrogen) atoms. The highest BCUT2D eigenvalue weighted by molar-refractivity contribution is 14.0. The first-order valence-corrected chi connectivity index (χ1v) is 12.1. The van der Waals surface area contributed by atoms with Gasteiger partial charge in [-0.25, -0.2) is 9.98 Å². The van der Waals surface area contributed by atoms with Crippen molar-refractivity contribution in [2.75, 3.05) is 19.6 Å². The van der Waals surface area contributed by atoms with Crippen LogP contribution in [0.1, 0.15) is 48.4 Å². The van der Waals surface area contributed by atoms with Gasteiger partial charge in [0.05, 0.1) is 12.9 Å². The number of nitrogens with zero attached hydrogens (tertiary/aromatic N) is 4. The molecule has 0 aliphatic carbocycles. The standard InChI is InChI=1S/C27H36N6.HI/c1-2-29-27(31-19-25-7-6-8-26(17-25)21-33-16-13-28-22-33)30-18-23-9-11-24(12-10-23)20-32-14-4-3-5-15-32;/h6-13,16-17,22H,2-5,14-15,18-21H2,1H3,(H2,29,30,31);1H. The van der Waals surface area contributed by atoms with Crippen molar-refractivity contribution in [3.63, 3.8) is 0 Å². The van der Waals surface area contributed by atoms with Crippen LogP contribution in [0.5, 0.6) is 0 Å². The number of aromatic nitrogens is 2. The van der Waals surface area contributed by atoms with Crippen LogP contribution in [-0.2, 0) is 26.2 Å². The molecule has 4 rings (SSSR count). The third-order valence-corrected chi connectivity index (χ3v) is 6.02. The maximum absolute atomic E-state index is 4.80. The largest absolute Gasteiger partial charge is 0.357 e. The number of nitrogens with one attached hydrogen (secondary N) is 2. The Morgan fingerprint density at radius 2 is 1.68 bits per heavy atom. The predicted molar refractivity (Wildman–Crippen MR) is 150 cm³/mol. The second kappa shape index (κ2) is 14.1. The number of guanidine groups is 1. The zero-order valence-electron chi connectivity index (χ0n) is 20.1. The van der Waals surface area contributed by atoms with Crippen LogP contribution in [0, 0.1) is 0 Å². The summed E-state index contributed by atoms with van der Waals surface area (Å²) in [6, 6.07) is 17.6. The molecule has 2 N–H and O–H groups in total. The Hall–Kier alpha value is -2.39. The summed E-state index contributed by atoms with van der Waals surface area (Å²) in [6.07, 6.45) is 9.70. The van der Waals surface area contributed by atoms with Gasteiger partial charge in [-0.15, -0.1) is 24.0 Å². The van der Waals surface area contributed by atoms with E-state index in [1.807, 2.05) is 18.7 Å². The fourth-order valence-electron chi connectivity index (χ4n) is 4.25. The molecule has 0 spiro atoms. The summed E-state index contributed by atoms with van der Waals surface area (Å²) in [4.78, 5) is 11.5. The van der Waals surface area contributed by atoms with E-state index >= 15 is 0 Å². The summed E-state index contributed by atoms with van der Waals surface area (Å²) in [7, 11) is 0. The van der Waals surface area contributed by atoms with Crippen molar-refractivity contribution in [1.29, 1.82) is 0 Å². The Bertz CT molecular complexity index is 994. The smallest absolute Gasteiger partial charge is 0.191 e. The molecule has 2 aromatic carbocycles. The molecule has 0 bridgehead atoms. The third-order valence-electron chi connectivity index (χ3n) is 6.02. The van der Waals surface area contributed by atoms with E-state index in [9.17, 15) is 0 Å². The summed E-state index contributed by atoms with van der Waals surface area (Å²) in [5.74, 6) is 0.843. The molecular formula is C27H37IN6. The van der Waals surface area contributed by atoms with E-state index in [2.05, 4.69) is 80.5 Å². The SMILES string of the molecule is CCNC(=NCc1cccc(Cn2ccnc2)c1)NCc1ccc(CN2CCCCC2)cc1.I. The van der Waals surface area contributed by atoms with Crippen LogP contribution in [0.15, 0.2) is 72.2 Å². The van der Waals surface area contributed by atoms with Crippen molar-refractivity contribution in [2.45, 2.75) is 52.4 Å². The second-order valence-corrected chi connectivity index (χ2v) is 8.76. The number of hydrogen-bond donors (Lipinski definition) is 2. The van der Waals surface area contributed by atoms with Crippen molar-refractivity contribution in [3.05, 3.63) is 89.5 Å². The summed E-state index contributed by atoms with van der Waals surface area (Å²) in [5, 5.41) is 6.83. The fraction of sp³-hybridized carbons (Fsp3) is 0.407. The molecule has 1 aromatic heterocycles. The van der Waals surface area contributed by atoms with Gasteiger partial charge in [-0.05, 0) is 55.1 Å². The molecule has 0 saturated carbocycles. The Morgan fingerprint density at radius 1 is 0.912 bits per heavy atom. The number of piperidine rings is 1. The van der Waals surface area contributed by atoms with Gasteiger partial charge in [-0.2, -0.15) is 0 Å². The van der Waals surface area contributed by atoms with E-state index < -0.39 is 0 Å². The molecule has 1 saturated heterocycles. The van der Waals surface area contributed by atoms with E-state index in [1.165, 1.54) is 54.6 Å². The van der Waals surface area contributed by atoms with Gasteiger partial charge in [0.15, 0.2) is 5.96 Å². The normalized spacial score (nSPS) is 14.4. The molecular weight excluding hydrogens is 535 g/mol. The molecule has 6 nitrogen and oxygen atoms in total. The number of aliphatic imine (C=N–C) groups is 1. The van der Waals surface area contributed by atoms with Gasteiger partial charge in [-0.1, -0.05) is 55.0 Å². The van der Waals surface area contributed by atoms with Crippen molar-refractivity contribution >= 4 is 29.9 Å². The van der Waals surface area contributed by atoms with Crippen molar-refractivity contribution in [1.82, 2.24) is 25.1 Å². The second-order valence-electron chi connectivity index (χ2n) is 8.76. The first-order valence-electron chi connectivity index (χ1n) is 12.1. The van der Waals surface area contributed by atoms with E-state index in [-0.39, 0.29) is 24.0 Å². The molecule has 0 unspecified atom stereocenters. The van der Waals surface area contributed by atoms with Crippen LogP contribution in [-0.4, -0.2) is 40.0 Å². The minimum atomic E-state index is 0. The van der Waals surface area contributed by atoms with Crippen molar-refractivity contribution in [3.8, 4) is 0 Å². The van der Waals surface area contributed by atoms with Crippen LogP contribution in [0.2, 0.25) is 0 Å². The van der Waals surface area contributed by atoms with Crippen LogP contribution >= 0.6 is 24.0 Å². The number of halogens is 1. The van der Waals surface area contributed by atoms with Gasteiger partial charge in [0.25, 0.3) is 0 Å². The first kappa shape index (κ1) is 26.2. The minimum Gasteiger partial charge on any atom is -0.357 e. The molecule has 1 aliphatic heterocycles. The Labute approximate surface area is 220 Å². The topological polar surface area (TPSA) is 57.5 Å². The summed E-state index contributed by atoms with van der Waals surface area (Å²) >= 11 is 0. The number of likely N-dealkylation sites (tertiary alicyclic amines) is 1. The van der Waals surface area contributed by atoms with Gasteiger partial charge in [0, 0.05) is 38.6 Å². The highest BCUT2D eigenvalue weighted by atomic mass is 127. The number of hydrogen-bond acceptors (Lipinski definition) is 3. The molecule has 2 heterocycles. The summed E-state index contributed by atoms with van der Waals surface area (Å²) in [6.45, 7) is 8.69. The van der Waals surface area contributed by atoms with Gasteiger partial charge in [-0.3, -0.25) is 4.90 Å². The molecule has 3 aromatic rings. The average Bonchev–Trinajstić information content (AvgIpc) is 3.36. The zero-order valence-corrected chi connectivity index (χ0v) is 22.4. The number of benzene rings is 2. The highest BCUT2D eigenvalue weighted by Gasteiger charge is 2.10. The van der Waals surface area contributed by atoms with E-state index in [1.54, 1.807) is 0 Å².